The van der Waals surface area contributed by atoms with Gasteiger partial charge in [-0.05, 0) is 24.1 Å². The molecule has 16 heavy (non-hydrogen) atoms. The van der Waals surface area contributed by atoms with Crippen LogP contribution in [0.2, 0.25) is 10.4 Å². The van der Waals surface area contributed by atoms with E-state index >= 15 is 0 Å². The molecule has 0 fully saturated rings. The van der Waals surface area contributed by atoms with Gasteiger partial charge in [0.15, 0.2) is 0 Å². The Kier molecular flexibility index (Phi) is 3.01. The van der Waals surface area contributed by atoms with Crippen molar-refractivity contribution in [3.63, 3.8) is 0 Å². The fourth-order valence-corrected chi connectivity index (χ4v) is 3.08. The zero-order chi connectivity index (χ0) is 11.9. The third-order valence-corrected chi connectivity index (χ3v) is 3.70. The molecule has 2 rings (SSSR count). The largest absolute Gasteiger partial charge is 0.465 e. The number of hydrogen-bond acceptors (Lipinski definition) is 5. The lowest BCUT2D eigenvalue weighted by atomic mass is 10.2. The number of halogens is 2. The molecule has 0 saturated carbocycles. The maximum Gasteiger partial charge on any atom is 0.348 e. The van der Waals surface area contributed by atoms with Crippen LogP contribution in [-0.4, -0.2) is 23.0 Å². The van der Waals surface area contributed by atoms with E-state index in [4.69, 9.17) is 23.2 Å². The van der Waals surface area contributed by atoms with Gasteiger partial charge < -0.3 is 4.74 Å². The number of carbonyl (C=O) groups excluding carboxylic acids is 1. The SMILES string of the molecule is COC(=O)c1sc2nc(Cl)nc(Cl)c2c1C. The van der Waals surface area contributed by atoms with Gasteiger partial charge in [0, 0.05) is 0 Å². The van der Waals surface area contributed by atoms with Crippen LogP contribution in [0.3, 0.4) is 0 Å². The summed E-state index contributed by atoms with van der Waals surface area (Å²) in [6.45, 7) is 1.77. The van der Waals surface area contributed by atoms with E-state index in [-0.39, 0.29) is 10.4 Å². The quantitative estimate of drug-likeness (QED) is 0.456. The van der Waals surface area contributed by atoms with Crippen LogP contribution in [0.1, 0.15) is 15.2 Å². The van der Waals surface area contributed by atoms with E-state index < -0.39 is 5.97 Å². The Hall–Kier alpha value is -0.910. The Morgan fingerprint density at radius 1 is 1.38 bits per heavy atom. The van der Waals surface area contributed by atoms with Gasteiger partial charge in [0.05, 0.1) is 12.5 Å². The summed E-state index contributed by atoms with van der Waals surface area (Å²) < 4.78 is 4.66. The minimum atomic E-state index is -0.410. The molecule has 0 saturated heterocycles. The highest BCUT2D eigenvalue weighted by Gasteiger charge is 2.19. The number of hydrogen-bond donors (Lipinski definition) is 0. The van der Waals surface area contributed by atoms with Crippen molar-refractivity contribution in [1.82, 2.24) is 9.97 Å². The maximum atomic E-state index is 11.5. The molecule has 0 bridgehead atoms. The topological polar surface area (TPSA) is 52.1 Å². The number of thiophene rings is 1. The first kappa shape index (κ1) is 11.6. The summed E-state index contributed by atoms with van der Waals surface area (Å²) in [5, 5.41) is 0.963. The molecule has 0 radical (unpaired) electrons. The smallest absolute Gasteiger partial charge is 0.348 e. The first-order chi connectivity index (χ1) is 7.54. The number of fused-ring (bicyclic) bond motifs is 1. The van der Waals surface area contributed by atoms with E-state index in [0.29, 0.717) is 20.7 Å². The third-order valence-electron chi connectivity index (χ3n) is 2.09. The Labute approximate surface area is 105 Å². The maximum absolute atomic E-state index is 11.5. The molecule has 84 valence electrons. The molecule has 0 aliphatic carbocycles. The van der Waals surface area contributed by atoms with Crippen LogP contribution in [0, 0.1) is 6.92 Å². The molecular weight excluding hydrogens is 271 g/mol. The van der Waals surface area contributed by atoms with E-state index in [1.54, 1.807) is 6.92 Å². The van der Waals surface area contributed by atoms with Gasteiger partial charge in [-0.25, -0.2) is 14.8 Å². The van der Waals surface area contributed by atoms with Crippen molar-refractivity contribution < 1.29 is 9.53 Å². The van der Waals surface area contributed by atoms with Gasteiger partial charge in [-0.1, -0.05) is 11.6 Å². The number of carbonyl (C=O) groups is 1. The van der Waals surface area contributed by atoms with Crippen molar-refractivity contribution in [1.29, 1.82) is 0 Å². The van der Waals surface area contributed by atoms with Crippen LogP contribution in [0.25, 0.3) is 10.2 Å². The van der Waals surface area contributed by atoms with E-state index in [0.717, 1.165) is 0 Å². The van der Waals surface area contributed by atoms with E-state index in [9.17, 15) is 4.79 Å². The molecule has 7 heteroatoms. The van der Waals surface area contributed by atoms with Gasteiger partial charge in [-0.2, -0.15) is 0 Å². The first-order valence-electron chi connectivity index (χ1n) is 4.25. The Bertz CT molecular complexity index is 582. The predicted octanol–water partition coefficient (Wildman–Crippen LogP) is 3.09. The van der Waals surface area contributed by atoms with Crippen molar-refractivity contribution in [2.24, 2.45) is 0 Å². The second kappa shape index (κ2) is 4.16. The van der Waals surface area contributed by atoms with Gasteiger partial charge in [0.25, 0.3) is 0 Å². The van der Waals surface area contributed by atoms with Crippen LogP contribution in [0.4, 0.5) is 0 Å². The van der Waals surface area contributed by atoms with E-state index in [1.807, 2.05) is 0 Å². The molecule has 0 amide bonds. The average molecular weight is 277 g/mol. The number of ether oxygens (including phenoxy) is 1. The standard InChI is InChI=1S/C9H6Cl2N2O2S/c1-3-4-6(10)12-9(11)13-7(4)16-5(3)8(14)15-2/h1-2H3. The Morgan fingerprint density at radius 3 is 2.69 bits per heavy atom. The van der Waals surface area contributed by atoms with Crippen molar-refractivity contribution in [2.75, 3.05) is 7.11 Å². The summed E-state index contributed by atoms with van der Waals surface area (Å²) in [6.07, 6.45) is 0. The van der Waals surface area contributed by atoms with Crippen LogP contribution >= 0.6 is 34.5 Å². The van der Waals surface area contributed by atoms with E-state index in [1.165, 1.54) is 18.4 Å². The summed E-state index contributed by atoms with van der Waals surface area (Å²) in [4.78, 5) is 20.4. The van der Waals surface area contributed by atoms with Crippen LogP contribution < -0.4 is 0 Å². The molecule has 0 N–H and O–H groups in total. The van der Waals surface area contributed by atoms with E-state index in [2.05, 4.69) is 14.7 Å². The van der Waals surface area contributed by atoms with Crippen molar-refractivity contribution in [3.05, 3.63) is 20.9 Å². The highest BCUT2D eigenvalue weighted by molar-refractivity contribution is 7.20. The molecule has 0 atom stereocenters. The molecule has 0 aliphatic heterocycles. The van der Waals surface area contributed by atoms with Crippen molar-refractivity contribution in [2.45, 2.75) is 6.92 Å². The second-order valence-electron chi connectivity index (χ2n) is 3.01. The second-order valence-corrected chi connectivity index (χ2v) is 4.71. The van der Waals surface area contributed by atoms with Crippen LogP contribution in [-0.2, 0) is 4.74 Å². The molecule has 2 aromatic heterocycles. The molecule has 2 heterocycles. The monoisotopic (exact) mass is 276 g/mol. The summed E-state index contributed by atoms with van der Waals surface area (Å²) in [6, 6.07) is 0. The summed E-state index contributed by atoms with van der Waals surface area (Å²) in [7, 11) is 1.33. The van der Waals surface area contributed by atoms with Crippen LogP contribution in [0.5, 0.6) is 0 Å². The van der Waals surface area contributed by atoms with Gasteiger partial charge in [-0.15, -0.1) is 11.3 Å². The van der Waals surface area contributed by atoms with Crippen molar-refractivity contribution >= 4 is 50.7 Å². The fourth-order valence-electron chi connectivity index (χ4n) is 1.35. The number of methoxy groups -OCH3 is 1. The zero-order valence-electron chi connectivity index (χ0n) is 8.38. The first-order valence-corrected chi connectivity index (χ1v) is 5.82. The molecule has 0 aromatic carbocycles. The highest BCUT2D eigenvalue weighted by Crippen LogP contribution is 2.34. The summed E-state index contributed by atoms with van der Waals surface area (Å²) >= 11 is 12.8. The van der Waals surface area contributed by atoms with Gasteiger partial charge in [0.1, 0.15) is 14.9 Å². The third kappa shape index (κ3) is 1.75. The van der Waals surface area contributed by atoms with Gasteiger partial charge in [0.2, 0.25) is 5.28 Å². The number of nitrogens with zero attached hydrogens (tertiary/aromatic N) is 2. The number of rotatable bonds is 1. The molecule has 0 unspecified atom stereocenters. The average Bonchev–Trinajstić information content (AvgIpc) is 2.54. The number of aromatic nitrogens is 2. The predicted molar refractivity (Wildman–Crippen MR) is 63.5 cm³/mol. The lowest BCUT2D eigenvalue weighted by Gasteiger charge is -1.96. The van der Waals surface area contributed by atoms with Crippen molar-refractivity contribution in [3.8, 4) is 0 Å². The molecule has 0 spiro atoms. The summed E-state index contributed by atoms with van der Waals surface area (Å²) in [5.74, 6) is -0.410. The van der Waals surface area contributed by atoms with Gasteiger partial charge >= 0.3 is 5.97 Å². The number of esters is 1. The Morgan fingerprint density at radius 2 is 2.06 bits per heavy atom. The normalized spacial score (nSPS) is 10.8. The van der Waals surface area contributed by atoms with Gasteiger partial charge in [-0.3, -0.25) is 0 Å². The molecule has 0 aliphatic rings. The lowest BCUT2D eigenvalue weighted by molar-refractivity contribution is 0.0605. The summed E-state index contributed by atoms with van der Waals surface area (Å²) in [5.41, 5.74) is 0.716. The highest BCUT2D eigenvalue weighted by atomic mass is 35.5. The molecule has 4 nitrogen and oxygen atoms in total. The fraction of sp³-hybridized carbons (Fsp3) is 0.222. The number of aryl methyl sites for hydroxylation is 1. The zero-order valence-corrected chi connectivity index (χ0v) is 10.7. The Balaban J connectivity index is 2.78. The molecular formula is C9H6Cl2N2O2S. The molecule has 2 aromatic rings. The minimum Gasteiger partial charge on any atom is -0.465 e. The lowest BCUT2D eigenvalue weighted by Crippen LogP contribution is -1.99. The minimum absolute atomic E-state index is 0.0650. The van der Waals surface area contributed by atoms with Crippen LogP contribution in [0.15, 0.2) is 0 Å².